The van der Waals surface area contributed by atoms with E-state index in [9.17, 15) is 4.39 Å². The third kappa shape index (κ3) is 3.13. The lowest BCUT2D eigenvalue weighted by Gasteiger charge is -2.25. The van der Waals surface area contributed by atoms with E-state index in [2.05, 4.69) is 46.1 Å². The number of hydrogen-bond donors (Lipinski definition) is 0. The van der Waals surface area contributed by atoms with Crippen molar-refractivity contribution in [2.45, 2.75) is 6.54 Å². The van der Waals surface area contributed by atoms with E-state index >= 15 is 0 Å². The van der Waals surface area contributed by atoms with E-state index in [1.807, 2.05) is 24.4 Å². The number of rotatable bonds is 2. The molecular formula is C21H20FN3. The molecule has 1 aliphatic heterocycles. The molecule has 0 saturated heterocycles. The monoisotopic (exact) mass is 333 g/mol. The van der Waals surface area contributed by atoms with E-state index in [0.717, 1.165) is 36.4 Å². The van der Waals surface area contributed by atoms with Gasteiger partial charge in [0.1, 0.15) is 5.82 Å². The Bertz CT molecular complexity index is 879. The molecule has 25 heavy (non-hydrogen) atoms. The molecule has 0 aliphatic carbocycles. The molecule has 0 radical (unpaired) electrons. The van der Waals surface area contributed by atoms with Gasteiger partial charge in [-0.05, 0) is 54.1 Å². The van der Waals surface area contributed by atoms with Crippen LogP contribution in [-0.2, 0) is 6.54 Å². The van der Waals surface area contributed by atoms with Gasteiger partial charge in [-0.25, -0.2) is 4.39 Å². The van der Waals surface area contributed by atoms with E-state index < -0.39 is 0 Å². The zero-order valence-electron chi connectivity index (χ0n) is 14.2. The molecule has 3 nitrogen and oxygen atoms in total. The Morgan fingerprint density at radius 1 is 0.920 bits per heavy atom. The lowest BCUT2D eigenvalue weighted by molar-refractivity contribution is 0.343. The maximum Gasteiger partial charge on any atom is 0.146 e. The average molecular weight is 333 g/mol. The number of hydrogen-bond acceptors (Lipinski definition) is 3. The molecular weight excluding hydrogens is 313 g/mol. The number of para-hydroxylation sites is 1. The Kier molecular flexibility index (Phi) is 4.20. The number of anilines is 2. The van der Waals surface area contributed by atoms with Crippen molar-refractivity contribution in [3.63, 3.8) is 0 Å². The standard InChI is InChI=1S/C21H20FN3/c1-24-11-12-25(21-7-3-2-6-19(21)22)20-9-8-16(13-18(20)15-24)17-5-4-10-23-14-17/h2-10,13-14H,11-12,15H2,1H3. The highest BCUT2D eigenvalue weighted by Gasteiger charge is 2.21. The molecule has 1 aromatic heterocycles. The molecule has 0 amide bonds. The second kappa shape index (κ2) is 6.65. The minimum absolute atomic E-state index is 0.186. The van der Waals surface area contributed by atoms with Gasteiger partial charge in [-0.2, -0.15) is 0 Å². The van der Waals surface area contributed by atoms with Gasteiger partial charge in [0, 0.05) is 37.7 Å². The minimum Gasteiger partial charge on any atom is -0.338 e. The first-order valence-corrected chi connectivity index (χ1v) is 8.46. The van der Waals surface area contributed by atoms with Crippen molar-refractivity contribution in [1.82, 2.24) is 9.88 Å². The Labute approximate surface area is 147 Å². The van der Waals surface area contributed by atoms with Crippen LogP contribution in [0.5, 0.6) is 0 Å². The molecule has 4 heteroatoms. The normalized spacial score (nSPS) is 14.9. The topological polar surface area (TPSA) is 19.4 Å². The first-order valence-electron chi connectivity index (χ1n) is 8.46. The zero-order chi connectivity index (χ0) is 17.2. The summed E-state index contributed by atoms with van der Waals surface area (Å²) in [4.78, 5) is 8.57. The second-order valence-electron chi connectivity index (χ2n) is 6.43. The number of aromatic nitrogens is 1. The Balaban J connectivity index is 1.81. The number of benzene rings is 2. The van der Waals surface area contributed by atoms with Crippen molar-refractivity contribution >= 4 is 11.4 Å². The van der Waals surface area contributed by atoms with Crippen LogP contribution in [0.25, 0.3) is 11.1 Å². The molecule has 0 saturated carbocycles. The van der Waals surface area contributed by atoms with Crippen LogP contribution >= 0.6 is 0 Å². The van der Waals surface area contributed by atoms with Crippen molar-refractivity contribution in [3.05, 3.63) is 78.4 Å². The summed E-state index contributed by atoms with van der Waals surface area (Å²) in [6.45, 7) is 2.48. The van der Waals surface area contributed by atoms with Crippen LogP contribution in [0.3, 0.4) is 0 Å². The minimum atomic E-state index is -0.186. The number of likely N-dealkylation sites (N-methyl/N-ethyl adjacent to an activating group) is 1. The summed E-state index contributed by atoms with van der Waals surface area (Å²) < 4.78 is 14.4. The van der Waals surface area contributed by atoms with Gasteiger partial charge in [0.25, 0.3) is 0 Å². The average Bonchev–Trinajstić information content (AvgIpc) is 2.80. The SMILES string of the molecule is CN1CCN(c2ccccc2F)c2ccc(-c3cccnc3)cc2C1. The maximum absolute atomic E-state index is 14.4. The fraction of sp³-hybridized carbons (Fsp3) is 0.190. The first kappa shape index (κ1) is 15.8. The summed E-state index contributed by atoms with van der Waals surface area (Å²) in [6, 6.07) is 17.4. The number of pyridine rings is 1. The third-order valence-electron chi connectivity index (χ3n) is 4.65. The van der Waals surface area contributed by atoms with Crippen LogP contribution in [-0.4, -0.2) is 30.0 Å². The molecule has 0 N–H and O–H groups in total. The maximum atomic E-state index is 14.4. The smallest absolute Gasteiger partial charge is 0.146 e. The van der Waals surface area contributed by atoms with Gasteiger partial charge >= 0.3 is 0 Å². The van der Waals surface area contributed by atoms with E-state index in [0.29, 0.717) is 5.69 Å². The molecule has 3 aromatic rings. The molecule has 0 atom stereocenters. The summed E-state index contributed by atoms with van der Waals surface area (Å²) in [7, 11) is 2.10. The van der Waals surface area contributed by atoms with E-state index in [-0.39, 0.29) is 5.82 Å². The summed E-state index contributed by atoms with van der Waals surface area (Å²) >= 11 is 0. The van der Waals surface area contributed by atoms with Crippen molar-refractivity contribution < 1.29 is 4.39 Å². The number of halogens is 1. The molecule has 2 heterocycles. The van der Waals surface area contributed by atoms with Crippen LogP contribution in [0.4, 0.5) is 15.8 Å². The van der Waals surface area contributed by atoms with Gasteiger partial charge in [-0.3, -0.25) is 4.98 Å². The molecule has 0 fully saturated rings. The molecule has 2 aromatic carbocycles. The lowest BCUT2D eigenvalue weighted by atomic mass is 10.0. The zero-order valence-corrected chi connectivity index (χ0v) is 14.2. The predicted octanol–water partition coefficient (Wildman–Crippen LogP) is 4.47. The highest BCUT2D eigenvalue weighted by atomic mass is 19.1. The molecule has 1 aliphatic rings. The highest BCUT2D eigenvalue weighted by Crippen LogP contribution is 2.35. The van der Waals surface area contributed by atoms with Gasteiger partial charge in [0.2, 0.25) is 0 Å². The lowest BCUT2D eigenvalue weighted by Crippen LogP contribution is -2.26. The largest absolute Gasteiger partial charge is 0.338 e. The fourth-order valence-corrected chi connectivity index (χ4v) is 3.37. The van der Waals surface area contributed by atoms with Crippen LogP contribution in [0.1, 0.15) is 5.56 Å². The van der Waals surface area contributed by atoms with Crippen LogP contribution in [0.15, 0.2) is 67.0 Å². The van der Waals surface area contributed by atoms with Crippen LogP contribution in [0, 0.1) is 5.82 Å². The molecule has 0 unspecified atom stereocenters. The number of nitrogens with zero attached hydrogens (tertiary/aromatic N) is 3. The van der Waals surface area contributed by atoms with Gasteiger partial charge < -0.3 is 9.80 Å². The van der Waals surface area contributed by atoms with Gasteiger partial charge in [0.05, 0.1) is 5.69 Å². The number of fused-ring (bicyclic) bond motifs is 1. The fourth-order valence-electron chi connectivity index (χ4n) is 3.37. The highest BCUT2D eigenvalue weighted by molar-refractivity contribution is 5.73. The van der Waals surface area contributed by atoms with Crippen molar-refractivity contribution in [2.24, 2.45) is 0 Å². The van der Waals surface area contributed by atoms with E-state index in [4.69, 9.17) is 0 Å². The molecule has 4 rings (SSSR count). The van der Waals surface area contributed by atoms with Crippen molar-refractivity contribution in [1.29, 1.82) is 0 Å². The summed E-state index contributed by atoms with van der Waals surface area (Å²) in [6.07, 6.45) is 3.65. The van der Waals surface area contributed by atoms with Gasteiger partial charge in [-0.1, -0.05) is 24.3 Å². The molecule has 0 spiro atoms. The second-order valence-corrected chi connectivity index (χ2v) is 6.43. The summed E-state index contributed by atoms with van der Waals surface area (Å²) in [5.41, 5.74) is 5.13. The third-order valence-corrected chi connectivity index (χ3v) is 4.65. The Hall–Kier alpha value is -2.72. The van der Waals surface area contributed by atoms with Gasteiger partial charge in [-0.15, -0.1) is 0 Å². The van der Waals surface area contributed by atoms with Crippen molar-refractivity contribution in [3.8, 4) is 11.1 Å². The van der Waals surface area contributed by atoms with Crippen LogP contribution in [0.2, 0.25) is 0 Å². The van der Waals surface area contributed by atoms with Crippen LogP contribution < -0.4 is 4.90 Å². The summed E-state index contributed by atoms with van der Waals surface area (Å²) in [5, 5.41) is 0. The Morgan fingerprint density at radius 3 is 2.60 bits per heavy atom. The quantitative estimate of drug-likeness (QED) is 0.690. The van der Waals surface area contributed by atoms with Crippen molar-refractivity contribution in [2.75, 3.05) is 25.0 Å². The van der Waals surface area contributed by atoms with E-state index in [1.54, 1.807) is 12.3 Å². The predicted molar refractivity (Wildman–Crippen MR) is 99.4 cm³/mol. The molecule has 126 valence electrons. The van der Waals surface area contributed by atoms with E-state index in [1.165, 1.54) is 11.6 Å². The summed E-state index contributed by atoms with van der Waals surface area (Å²) in [5.74, 6) is -0.186. The first-order chi connectivity index (χ1) is 12.2. The molecule has 0 bridgehead atoms. The Morgan fingerprint density at radius 2 is 1.80 bits per heavy atom. The van der Waals surface area contributed by atoms with Gasteiger partial charge in [0.15, 0.2) is 0 Å².